The second kappa shape index (κ2) is 4.48. The summed E-state index contributed by atoms with van der Waals surface area (Å²) in [7, 11) is 0. The molecule has 2 saturated carbocycles. The molecule has 0 bridgehead atoms. The Bertz CT molecular complexity index is 146. The number of hydrogen-bond donors (Lipinski definition) is 0. The Balaban J connectivity index is 1.60. The van der Waals surface area contributed by atoms with E-state index in [1.165, 1.54) is 31.6 Å². The van der Waals surface area contributed by atoms with Crippen LogP contribution in [0.5, 0.6) is 0 Å². The van der Waals surface area contributed by atoms with Gasteiger partial charge in [-0.2, -0.15) is 0 Å². The molecule has 2 fully saturated rings. The summed E-state index contributed by atoms with van der Waals surface area (Å²) in [6, 6.07) is 0. The lowest BCUT2D eigenvalue weighted by Gasteiger charge is -2.09. The van der Waals surface area contributed by atoms with E-state index in [9.17, 15) is 0 Å². The van der Waals surface area contributed by atoms with Crippen LogP contribution in [0.25, 0.3) is 0 Å². The van der Waals surface area contributed by atoms with E-state index in [-0.39, 0.29) is 0 Å². The van der Waals surface area contributed by atoms with Gasteiger partial charge in [-0.15, -0.1) is 0 Å². The normalized spacial score (nSPS) is 33.9. The molecule has 2 aliphatic carbocycles. The molecule has 2 aliphatic rings. The smallest absolute Gasteiger partial charge is 0.0383 e. The molecule has 2 rings (SSSR count). The van der Waals surface area contributed by atoms with Crippen molar-refractivity contribution in [2.45, 2.75) is 64.7 Å². The number of unbranched alkanes of at least 4 members (excludes halogenated alkanes) is 2. The van der Waals surface area contributed by atoms with Gasteiger partial charge in [0.2, 0.25) is 0 Å². The Morgan fingerprint density at radius 3 is 2.38 bits per heavy atom. The van der Waals surface area contributed by atoms with Gasteiger partial charge < -0.3 is 0 Å². The van der Waals surface area contributed by atoms with Crippen LogP contribution in [0.4, 0.5) is 0 Å². The van der Waals surface area contributed by atoms with Gasteiger partial charge in [0.25, 0.3) is 0 Å². The van der Waals surface area contributed by atoms with Crippen LogP contribution in [0.1, 0.15) is 64.7 Å². The summed E-state index contributed by atoms with van der Waals surface area (Å²) in [5.74, 6) is 3.46. The van der Waals surface area contributed by atoms with E-state index in [1.54, 1.807) is 32.1 Å². The van der Waals surface area contributed by atoms with E-state index >= 15 is 0 Å². The summed E-state index contributed by atoms with van der Waals surface area (Å²) < 4.78 is 0. The molecule has 0 saturated heterocycles. The first-order valence-corrected chi connectivity index (χ1v) is 6.40. The molecule has 0 aromatic carbocycles. The van der Waals surface area contributed by atoms with Crippen molar-refractivity contribution in [3.05, 3.63) is 0 Å². The van der Waals surface area contributed by atoms with Crippen LogP contribution in [-0.2, 0) is 0 Å². The summed E-state index contributed by atoms with van der Waals surface area (Å²) in [6.07, 6.45) is 13.7. The van der Waals surface area contributed by atoms with Crippen LogP contribution in [0.3, 0.4) is 0 Å². The van der Waals surface area contributed by atoms with Crippen LogP contribution >= 0.6 is 0 Å². The zero-order valence-corrected chi connectivity index (χ0v) is 9.10. The highest BCUT2D eigenvalue weighted by Crippen LogP contribution is 2.47. The van der Waals surface area contributed by atoms with Crippen LogP contribution in [-0.4, -0.2) is 0 Å². The van der Waals surface area contributed by atoms with Crippen LogP contribution in [0, 0.1) is 17.8 Å². The summed E-state index contributed by atoms with van der Waals surface area (Å²) in [6.45, 7) is 2.31. The van der Waals surface area contributed by atoms with Crippen LogP contribution in [0.2, 0.25) is 0 Å². The third-order valence-electron chi connectivity index (χ3n) is 4.09. The molecule has 13 heavy (non-hydrogen) atoms. The van der Waals surface area contributed by atoms with E-state index in [1.807, 2.05) is 0 Å². The van der Waals surface area contributed by atoms with Gasteiger partial charge in [0.15, 0.2) is 0 Å². The zero-order chi connectivity index (χ0) is 9.10. The van der Waals surface area contributed by atoms with Gasteiger partial charge in [0.1, 0.15) is 0 Å². The van der Waals surface area contributed by atoms with Crippen molar-refractivity contribution < 1.29 is 0 Å². The van der Waals surface area contributed by atoms with Crippen molar-refractivity contribution in [2.24, 2.45) is 17.8 Å². The molecule has 0 heterocycles. The molecule has 0 nitrogen and oxygen atoms in total. The average molecular weight is 180 g/mol. The summed E-state index contributed by atoms with van der Waals surface area (Å²) in [4.78, 5) is 0. The fourth-order valence-corrected chi connectivity index (χ4v) is 3.05. The molecule has 2 atom stereocenters. The van der Waals surface area contributed by atoms with Gasteiger partial charge in [0, 0.05) is 0 Å². The van der Waals surface area contributed by atoms with Crippen molar-refractivity contribution >= 4 is 0 Å². The monoisotopic (exact) mass is 180 g/mol. The standard InChI is InChI=1S/C13H24/c1-2-3-4-5-11-6-7-13(10-11)12-8-9-12/h11-13H,2-10H2,1H3. The second-order valence-corrected chi connectivity index (χ2v) is 5.27. The first-order chi connectivity index (χ1) is 6.40. The lowest BCUT2D eigenvalue weighted by atomic mass is 9.96. The first kappa shape index (κ1) is 9.55. The Kier molecular flexibility index (Phi) is 3.29. The molecule has 0 aliphatic heterocycles. The highest BCUT2D eigenvalue weighted by Gasteiger charge is 2.36. The number of rotatable bonds is 5. The third-order valence-corrected chi connectivity index (χ3v) is 4.09. The minimum atomic E-state index is 1.12. The van der Waals surface area contributed by atoms with Crippen molar-refractivity contribution in [3.63, 3.8) is 0 Å². The van der Waals surface area contributed by atoms with Crippen molar-refractivity contribution in [1.82, 2.24) is 0 Å². The van der Waals surface area contributed by atoms with Crippen molar-refractivity contribution in [3.8, 4) is 0 Å². The fraction of sp³-hybridized carbons (Fsp3) is 1.00. The van der Waals surface area contributed by atoms with E-state index < -0.39 is 0 Å². The number of hydrogen-bond acceptors (Lipinski definition) is 0. The molecule has 76 valence electrons. The maximum atomic E-state index is 2.31. The average Bonchev–Trinajstić information content (AvgIpc) is 2.88. The molecule has 0 spiro atoms. The molecule has 2 unspecified atom stereocenters. The largest absolute Gasteiger partial charge is 0.0654 e. The van der Waals surface area contributed by atoms with Gasteiger partial charge in [-0.25, -0.2) is 0 Å². The topological polar surface area (TPSA) is 0 Å². The van der Waals surface area contributed by atoms with Gasteiger partial charge in [-0.05, 0) is 43.4 Å². The Labute approximate surface area is 83.1 Å². The molecule has 0 aromatic heterocycles. The summed E-state index contributed by atoms with van der Waals surface area (Å²) >= 11 is 0. The zero-order valence-electron chi connectivity index (χ0n) is 9.10. The highest BCUT2D eigenvalue weighted by molar-refractivity contribution is 4.87. The van der Waals surface area contributed by atoms with Gasteiger partial charge in [-0.3, -0.25) is 0 Å². The molecule has 0 heteroatoms. The van der Waals surface area contributed by atoms with E-state index in [4.69, 9.17) is 0 Å². The predicted molar refractivity (Wildman–Crippen MR) is 57.7 cm³/mol. The molecular formula is C13H24. The molecule has 0 N–H and O–H groups in total. The molecular weight excluding hydrogens is 156 g/mol. The van der Waals surface area contributed by atoms with E-state index in [0.29, 0.717) is 0 Å². The Hall–Kier alpha value is 0. The quantitative estimate of drug-likeness (QED) is 0.550. The van der Waals surface area contributed by atoms with E-state index in [2.05, 4.69) is 6.92 Å². The van der Waals surface area contributed by atoms with Gasteiger partial charge in [0.05, 0.1) is 0 Å². The Morgan fingerprint density at radius 1 is 0.923 bits per heavy atom. The summed E-state index contributed by atoms with van der Waals surface area (Å²) in [5, 5.41) is 0. The lowest BCUT2D eigenvalue weighted by molar-refractivity contribution is 0.420. The summed E-state index contributed by atoms with van der Waals surface area (Å²) in [5.41, 5.74) is 0. The maximum Gasteiger partial charge on any atom is -0.0383 e. The van der Waals surface area contributed by atoms with Crippen LogP contribution < -0.4 is 0 Å². The molecule has 0 radical (unpaired) electrons. The SMILES string of the molecule is CCCCCC1CCC(C2CC2)C1. The second-order valence-electron chi connectivity index (χ2n) is 5.27. The first-order valence-electron chi connectivity index (χ1n) is 6.40. The predicted octanol–water partition coefficient (Wildman–Crippen LogP) is 4.39. The Morgan fingerprint density at radius 2 is 1.69 bits per heavy atom. The maximum absolute atomic E-state index is 2.31. The van der Waals surface area contributed by atoms with Gasteiger partial charge in [-0.1, -0.05) is 39.0 Å². The van der Waals surface area contributed by atoms with Crippen LogP contribution in [0.15, 0.2) is 0 Å². The minimum absolute atomic E-state index is 1.12. The van der Waals surface area contributed by atoms with Crippen molar-refractivity contribution in [1.29, 1.82) is 0 Å². The minimum Gasteiger partial charge on any atom is -0.0654 e. The molecule has 0 amide bonds. The van der Waals surface area contributed by atoms with Gasteiger partial charge >= 0.3 is 0 Å². The molecule has 0 aromatic rings. The van der Waals surface area contributed by atoms with Crippen molar-refractivity contribution in [2.75, 3.05) is 0 Å². The fourth-order valence-electron chi connectivity index (χ4n) is 3.05. The highest BCUT2D eigenvalue weighted by atomic mass is 14.4. The lowest BCUT2D eigenvalue weighted by Crippen LogP contribution is -1.98. The van der Waals surface area contributed by atoms with E-state index in [0.717, 1.165) is 11.8 Å². The third kappa shape index (κ3) is 2.72.